The molecule has 1 saturated carbocycles. The number of rotatable bonds is 1. The highest BCUT2D eigenvalue weighted by molar-refractivity contribution is 5.92. The molecule has 2 nitrogen and oxygen atoms in total. The summed E-state index contributed by atoms with van der Waals surface area (Å²) in [6, 6.07) is 0. The average Bonchev–Trinajstić information content (AvgIpc) is 2.20. The van der Waals surface area contributed by atoms with Gasteiger partial charge in [-0.25, -0.2) is 0 Å². The van der Waals surface area contributed by atoms with Crippen LogP contribution in [0.25, 0.3) is 0 Å². The summed E-state index contributed by atoms with van der Waals surface area (Å²) in [5, 5.41) is 11.0. The number of aliphatic hydroxyl groups is 1. The SMILES string of the molecule is C=C(C)C1CC[C@@]2(C)CC(=O)C=C(C)[C@@]2(O)C1. The first-order valence-electron chi connectivity index (χ1n) is 6.38. The Morgan fingerprint density at radius 1 is 1.59 bits per heavy atom. The van der Waals surface area contributed by atoms with E-state index >= 15 is 0 Å². The third-order valence-corrected chi connectivity index (χ3v) is 4.88. The van der Waals surface area contributed by atoms with Crippen LogP contribution in [0.3, 0.4) is 0 Å². The van der Waals surface area contributed by atoms with Gasteiger partial charge in [0.2, 0.25) is 0 Å². The zero-order valence-electron chi connectivity index (χ0n) is 11.0. The van der Waals surface area contributed by atoms with Crippen molar-refractivity contribution in [2.45, 2.75) is 52.1 Å². The fourth-order valence-corrected chi connectivity index (χ4v) is 3.49. The maximum absolute atomic E-state index is 11.7. The first-order valence-corrected chi connectivity index (χ1v) is 6.38. The van der Waals surface area contributed by atoms with Gasteiger partial charge in [0.25, 0.3) is 0 Å². The lowest BCUT2D eigenvalue weighted by molar-refractivity contribution is -0.133. The Bertz CT molecular complexity index is 407. The molecule has 0 radical (unpaired) electrons. The molecule has 0 bridgehead atoms. The van der Waals surface area contributed by atoms with Crippen molar-refractivity contribution >= 4 is 5.78 Å². The molecule has 2 heteroatoms. The third kappa shape index (κ3) is 1.79. The standard InChI is InChI=1S/C15H22O2/c1-10(2)12-5-6-14(4)9-13(16)7-11(3)15(14,17)8-12/h7,12,17H,1,5-6,8-9H2,2-4H3/t12?,14-,15-/m0/s1. The third-order valence-electron chi connectivity index (χ3n) is 4.88. The van der Waals surface area contributed by atoms with E-state index in [4.69, 9.17) is 0 Å². The lowest BCUT2D eigenvalue weighted by Gasteiger charge is -2.53. The van der Waals surface area contributed by atoms with Crippen molar-refractivity contribution < 1.29 is 9.90 Å². The summed E-state index contributed by atoms with van der Waals surface area (Å²) >= 11 is 0. The van der Waals surface area contributed by atoms with Crippen LogP contribution in [0.5, 0.6) is 0 Å². The molecule has 0 amide bonds. The number of ketones is 1. The molecule has 0 heterocycles. The molecule has 0 spiro atoms. The van der Waals surface area contributed by atoms with Crippen molar-refractivity contribution in [1.29, 1.82) is 0 Å². The summed E-state index contributed by atoms with van der Waals surface area (Å²) in [6.45, 7) is 9.98. The Balaban J connectivity index is 2.40. The number of carbonyl (C=O) groups is 1. The number of fused-ring (bicyclic) bond motifs is 1. The van der Waals surface area contributed by atoms with Crippen LogP contribution in [0.4, 0.5) is 0 Å². The minimum absolute atomic E-state index is 0.156. The van der Waals surface area contributed by atoms with Gasteiger partial charge < -0.3 is 5.11 Å². The predicted molar refractivity (Wildman–Crippen MR) is 68.6 cm³/mol. The summed E-state index contributed by atoms with van der Waals surface area (Å²) in [7, 11) is 0. The van der Waals surface area contributed by atoms with Gasteiger partial charge in [0.15, 0.2) is 5.78 Å². The summed E-state index contributed by atoms with van der Waals surface area (Å²) < 4.78 is 0. The Kier molecular flexibility index (Phi) is 2.81. The van der Waals surface area contributed by atoms with E-state index in [0.717, 1.165) is 24.0 Å². The van der Waals surface area contributed by atoms with E-state index in [9.17, 15) is 9.90 Å². The van der Waals surface area contributed by atoms with Gasteiger partial charge in [-0.3, -0.25) is 4.79 Å². The van der Waals surface area contributed by atoms with Gasteiger partial charge in [0.1, 0.15) is 0 Å². The van der Waals surface area contributed by atoms with Crippen LogP contribution in [0, 0.1) is 11.3 Å². The van der Waals surface area contributed by atoms with E-state index in [0.29, 0.717) is 18.8 Å². The molecule has 2 rings (SSSR count). The predicted octanol–water partition coefficient (Wildman–Crippen LogP) is 3.02. The van der Waals surface area contributed by atoms with E-state index < -0.39 is 5.60 Å². The monoisotopic (exact) mass is 234 g/mol. The fraction of sp³-hybridized carbons (Fsp3) is 0.667. The molecule has 94 valence electrons. The van der Waals surface area contributed by atoms with E-state index in [1.54, 1.807) is 6.08 Å². The van der Waals surface area contributed by atoms with Gasteiger partial charge in [-0.1, -0.05) is 19.1 Å². The van der Waals surface area contributed by atoms with Crippen LogP contribution in [0.1, 0.15) is 46.5 Å². The van der Waals surface area contributed by atoms with Crippen LogP contribution in [0.15, 0.2) is 23.8 Å². The van der Waals surface area contributed by atoms with Gasteiger partial charge in [0, 0.05) is 11.8 Å². The minimum atomic E-state index is -0.817. The van der Waals surface area contributed by atoms with Crippen molar-refractivity contribution in [3.05, 3.63) is 23.8 Å². The quantitative estimate of drug-likeness (QED) is 0.708. The van der Waals surface area contributed by atoms with Crippen molar-refractivity contribution in [2.75, 3.05) is 0 Å². The Hall–Kier alpha value is -0.890. The van der Waals surface area contributed by atoms with Crippen molar-refractivity contribution in [2.24, 2.45) is 11.3 Å². The molecule has 3 atom stereocenters. The van der Waals surface area contributed by atoms with Gasteiger partial charge in [-0.2, -0.15) is 0 Å². The summed E-state index contributed by atoms with van der Waals surface area (Å²) in [5.41, 5.74) is 0.879. The lowest BCUT2D eigenvalue weighted by atomic mass is 9.54. The second-order valence-electron chi connectivity index (χ2n) is 6.18. The van der Waals surface area contributed by atoms with Crippen molar-refractivity contribution in [3.8, 4) is 0 Å². The van der Waals surface area contributed by atoms with Gasteiger partial charge in [-0.05, 0) is 50.7 Å². The van der Waals surface area contributed by atoms with E-state index in [1.807, 2.05) is 13.8 Å². The zero-order valence-corrected chi connectivity index (χ0v) is 11.0. The second kappa shape index (κ2) is 3.81. The van der Waals surface area contributed by atoms with Crippen LogP contribution >= 0.6 is 0 Å². The Morgan fingerprint density at radius 2 is 2.24 bits per heavy atom. The van der Waals surface area contributed by atoms with Gasteiger partial charge in [-0.15, -0.1) is 0 Å². The van der Waals surface area contributed by atoms with E-state index in [1.165, 1.54) is 0 Å². The number of carbonyl (C=O) groups excluding carboxylic acids is 1. The molecule has 0 saturated heterocycles. The van der Waals surface area contributed by atoms with Crippen LogP contribution in [-0.4, -0.2) is 16.5 Å². The number of allylic oxidation sites excluding steroid dienone is 2. The van der Waals surface area contributed by atoms with Crippen LogP contribution < -0.4 is 0 Å². The molecule has 2 aliphatic rings. The molecule has 1 unspecified atom stereocenters. The average molecular weight is 234 g/mol. The normalized spacial score (nSPS) is 41.8. The molecular weight excluding hydrogens is 212 g/mol. The van der Waals surface area contributed by atoms with Gasteiger partial charge >= 0.3 is 0 Å². The van der Waals surface area contributed by atoms with Gasteiger partial charge in [0.05, 0.1) is 5.60 Å². The summed E-state index contributed by atoms with van der Waals surface area (Å²) in [4.78, 5) is 11.7. The molecule has 1 fully saturated rings. The molecule has 0 aromatic carbocycles. The largest absolute Gasteiger partial charge is 0.385 e. The molecule has 1 N–H and O–H groups in total. The fourth-order valence-electron chi connectivity index (χ4n) is 3.49. The first kappa shape index (κ1) is 12.6. The van der Waals surface area contributed by atoms with E-state index in [2.05, 4.69) is 13.5 Å². The number of hydrogen-bond acceptors (Lipinski definition) is 2. The Labute approximate surface area is 103 Å². The molecule has 2 aliphatic carbocycles. The smallest absolute Gasteiger partial charge is 0.156 e. The Morgan fingerprint density at radius 3 is 2.82 bits per heavy atom. The van der Waals surface area contributed by atoms with Crippen molar-refractivity contribution in [3.63, 3.8) is 0 Å². The zero-order chi connectivity index (χ0) is 12.8. The topological polar surface area (TPSA) is 37.3 Å². The van der Waals surface area contributed by atoms with Crippen LogP contribution in [-0.2, 0) is 4.79 Å². The van der Waals surface area contributed by atoms with Crippen molar-refractivity contribution in [1.82, 2.24) is 0 Å². The summed E-state index contributed by atoms with van der Waals surface area (Å²) in [6.07, 6.45) is 4.76. The molecule has 17 heavy (non-hydrogen) atoms. The maximum Gasteiger partial charge on any atom is 0.156 e. The lowest BCUT2D eigenvalue weighted by Crippen LogP contribution is -2.54. The minimum Gasteiger partial charge on any atom is -0.385 e. The molecule has 0 aromatic heterocycles. The van der Waals surface area contributed by atoms with E-state index in [-0.39, 0.29) is 11.2 Å². The highest BCUT2D eigenvalue weighted by Gasteiger charge is 2.54. The molecule has 0 aromatic rings. The highest BCUT2D eigenvalue weighted by atomic mass is 16.3. The second-order valence-corrected chi connectivity index (χ2v) is 6.18. The number of hydrogen-bond donors (Lipinski definition) is 1. The molecule has 0 aliphatic heterocycles. The maximum atomic E-state index is 11.7. The summed E-state index contributed by atoms with van der Waals surface area (Å²) in [5.74, 6) is 0.535. The van der Waals surface area contributed by atoms with Crippen LogP contribution in [0.2, 0.25) is 0 Å². The molecular formula is C15H22O2. The highest BCUT2D eigenvalue weighted by Crippen LogP contribution is 2.54. The first-order chi connectivity index (χ1) is 7.78.